The van der Waals surface area contributed by atoms with Crippen LogP contribution in [0, 0.1) is 0 Å². The van der Waals surface area contributed by atoms with Crippen LogP contribution in [0.4, 0.5) is 0 Å². The summed E-state index contributed by atoms with van der Waals surface area (Å²) in [6, 6.07) is 16.4. The first-order valence-corrected chi connectivity index (χ1v) is 12.7. The lowest BCUT2D eigenvalue weighted by atomic mass is 9.85. The number of hydrogen-bond acceptors (Lipinski definition) is 5. The minimum absolute atomic E-state index is 0.119. The maximum Gasteiger partial charge on any atom is 0.469 e. The Hall–Kier alpha value is -1.73. The molecule has 3 atom stereocenters. The van der Waals surface area contributed by atoms with Gasteiger partial charge in [-0.3, -0.25) is 4.52 Å². The molecule has 0 spiro atoms. The Labute approximate surface area is 189 Å². The molecule has 2 aromatic rings. The predicted molar refractivity (Wildman–Crippen MR) is 122 cm³/mol. The van der Waals surface area contributed by atoms with Crippen LogP contribution >= 0.6 is 7.82 Å². The molecule has 0 aliphatic heterocycles. The van der Waals surface area contributed by atoms with Crippen molar-refractivity contribution < 1.29 is 28.3 Å². The number of rotatable bonds is 9. The van der Waals surface area contributed by atoms with Gasteiger partial charge < -0.3 is 25.0 Å². The standard InChI is InChI=1S/C24H32NO6P/c25-24(17-31-32(26,27)28)11-10-21(16-24)19-6-7-20-15-23(9-8-18(20)14-19)30-13-12-29-22-4-2-1-3-5-22/h1-7,14,21,23H,8-13,15-17,25H2,(H2,26,27,28)/t21-,23+,24+/m0/s1. The number of fused-ring (bicyclic) bond motifs is 1. The number of phosphoric ester groups is 1. The molecule has 0 heterocycles. The zero-order chi connectivity index (χ0) is 22.6. The third-order valence-electron chi connectivity index (χ3n) is 6.50. The van der Waals surface area contributed by atoms with Crippen LogP contribution in [-0.4, -0.2) is 41.3 Å². The summed E-state index contributed by atoms with van der Waals surface area (Å²) in [5.41, 5.74) is 9.60. The van der Waals surface area contributed by atoms with E-state index in [1.54, 1.807) is 0 Å². The molecule has 0 amide bonds. The third-order valence-corrected chi connectivity index (χ3v) is 6.96. The smallest absolute Gasteiger partial charge is 0.469 e. The number of hydrogen-bond donors (Lipinski definition) is 3. The fraction of sp³-hybridized carbons (Fsp3) is 0.500. The molecule has 0 saturated heterocycles. The first kappa shape index (κ1) is 23.4. The van der Waals surface area contributed by atoms with Crippen LogP contribution < -0.4 is 10.5 Å². The van der Waals surface area contributed by atoms with Crippen molar-refractivity contribution in [2.24, 2.45) is 5.73 Å². The molecule has 32 heavy (non-hydrogen) atoms. The van der Waals surface area contributed by atoms with Crippen molar-refractivity contribution in [3.05, 3.63) is 65.2 Å². The lowest BCUT2D eigenvalue weighted by molar-refractivity contribution is 0.0262. The summed E-state index contributed by atoms with van der Waals surface area (Å²) in [6.07, 6.45) is 5.34. The van der Waals surface area contributed by atoms with Gasteiger partial charge in [-0.25, -0.2) is 4.57 Å². The number of phosphoric acid groups is 1. The highest BCUT2D eigenvalue weighted by molar-refractivity contribution is 7.46. The van der Waals surface area contributed by atoms with E-state index in [4.69, 9.17) is 25.0 Å². The second-order valence-electron chi connectivity index (χ2n) is 8.99. The summed E-state index contributed by atoms with van der Waals surface area (Å²) in [4.78, 5) is 17.9. The van der Waals surface area contributed by atoms with Gasteiger partial charge in [-0.05, 0) is 73.3 Å². The lowest BCUT2D eigenvalue weighted by Crippen LogP contribution is -2.41. The Kier molecular flexibility index (Phi) is 7.35. The molecule has 1 saturated carbocycles. The van der Waals surface area contributed by atoms with Gasteiger partial charge in [0.15, 0.2) is 0 Å². The van der Waals surface area contributed by atoms with E-state index in [1.807, 2.05) is 30.3 Å². The Balaban J connectivity index is 1.26. The molecular weight excluding hydrogens is 429 g/mol. The van der Waals surface area contributed by atoms with E-state index in [9.17, 15) is 4.57 Å². The van der Waals surface area contributed by atoms with Crippen molar-refractivity contribution >= 4 is 7.82 Å². The molecule has 8 heteroatoms. The maximum atomic E-state index is 11.0. The van der Waals surface area contributed by atoms with Crippen LogP contribution in [-0.2, 0) is 26.7 Å². The molecule has 4 rings (SSSR count). The summed E-state index contributed by atoms with van der Waals surface area (Å²) < 4.78 is 27.5. The molecule has 7 nitrogen and oxygen atoms in total. The summed E-state index contributed by atoms with van der Waals surface area (Å²) in [6.45, 7) is 0.997. The third kappa shape index (κ3) is 6.41. The Morgan fingerprint density at radius 2 is 1.88 bits per heavy atom. The normalized spacial score (nSPS) is 25.5. The number of para-hydroxylation sites is 1. The lowest BCUT2D eigenvalue weighted by Gasteiger charge is -2.27. The van der Waals surface area contributed by atoms with Gasteiger partial charge in [0.1, 0.15) is 12.4 Å². The minimum atomic E-state index is -4.50. The van der Waals surface area contributed by atoms with E-state index in [0.29, 0.717) is 26.1 Å². The second-order valence-corrected chi connectivity index (χ2v) is 10.2. The van der Waals surface area contributed by atoms with E-state index >= 15 is 0 Å². The number of benzene rings is 2. The zero-order valence-corrected chi connectivity index (χ0v) is 19.1. The SMILES string of the molecule is N[C@]1(COP(=O)(O)O)CC[C@H](c2ccc3c(c2)CC[C@@H](OCCOc2ccccc2)C3)C1. The Morgan fingerprint density at radius 1 is 1.06 bits per heavy atom. The molecule has 174 valence electrons. The van der Waals surface area contributed by atoms with Crippen molar-refractivity contribution in [3.63, 3.8) is 0 Å². The van der Waals surface area contributed by atoms with Crippen molar-refractivity contribution in [1.29, 1.82) is 0 Å². The van der Waals surface area contributed by atoms with Gasteiger partial charge in [-0.2, -0.15) is 0 Å². The molecule has 2 aromatic carbocycles. The highest BCUT2D eigenvalue weighted by Gasteiger charge is 2.38. The number of aryl methyl sites for hydroxylation is 1. The minimum Gasteiger partial charge on any atom is -0.491 e. The largest absolute Gasteiger partial charge is 0.491 e. The van der Waals surface area contributed by atoms with E-state index < -0.39 is 13.4 Å². The van der Waals surface area contributed by atoms with Crippen LogP contribution in [0.5, 0.6) is 5.75 Å². The van der Waals surface area contributed by atoms with Crippen LogP contribution in [0.2, 0.25) is 0 Å². The molecular formula is C24H32NO6P. The predicted octanol–water partition coefficient (Wildman–Crippen LogP) is 3.71. The van der Waals surface area contributed by atoms with Crippen molar-refractivity contribution in [1.82, 2.24) is 0 Å². The van der Waals surface area contributed by atoms with Crippen LogP contribution in [0.15, 0.2) is 48.5 Å². The van der Waals surface area contributed by atoms with Crippen molar-refractivity contribution in [3.8, 4) is 5.75 Å². The maximum absolute atomic E-state index is 11.0. The number of nitrogens with two attached hydrogens (primary N) is 1. The highest BCUT2D eigenvalue weighted by Crippen LogP contribution is 2.44. The topological polar surface area (TPSA) is 111 Å². The summed E-state index contributed by atoms with van der Waals surface area (Å²) in [5, 5.41) is 0. The summed E-state index contributed by atoms with van der Waals surface area (Å²) in [7, 11) is -4.50. The molecule has 0 unspecified atom stereocenters. The van der Waals surface area contributed by atoms with Crippen LogP contribution in [0.1, 0.15) is 48.3 Å². The fourth-order valence-electron chi connectivity index (χ4n) is 4.81. The molecule has 0 radical (unpaired) electrons. The van der Waals surface area contributed by atoms with E-state index in [1.165, 1.54) is 16.7 Å². The van der Waals surface area contributed by atoms with Gasteiger partial charge in [0, 0.05) is 5.54 Å². The van der Waals surface area contributed by atoms with Crippen molar-refractivity contribution in [2.75, 3.05) is 19.8 Å². The first-order chi connectivity index (χ1) is 15.3. The zero-order valence-electron chi connectivity index (χ0n) is 18.2. The van der Waals surface area contributed by atoms with Gasteiger partial charge in [0.05, 0.1) is 19.3 Å². The quantitative estimate of drug-likeness (QED) is 0.386. The number of ether oxygens (including phenoxy) is 2. The van der Waals surface area contributed by atoms with Gasteiger partial charge in [-0.15, -0.1) is 0 Å². The van der Waals surface area contributed by atoms with Gasteiger partial charge >= 0.3 is 7.82 Å². The van der Waals surface area contributed by atoms with Crippen LogP contribution in [0.25, 0.3) is 0 Å². The van der Waals surface area contributed by atoms with Gasteiger partial charge in [0.2, 0.25) is 0 Å². The summed E-state index contributed by atoms with van der Waals surface area (Å²) in [5.74, 6) is 1.15. The highest BCUT2D eigenvalue weighted by atomic mass is 31.2. The Morgan fingerprint density at radius 3 is 2.66 bits per heavy atom. The van der Waals surface area contributed by atoms with Gasteiger partial charge in [-0.1, -0.05) is 36.4 Å². The monoisotopic (exact) mass is 461 g/mol. The van der Waals surface area contributed by atoms with Gasteiger partial charge in [0.25, 0.3) is 0 Å². The van der Waals surface area contributed by atoms with E-state index in [-0.39, 0.29) is 18.6 Å². The molecule has 2 aliphatic carbocycles. The Bertz CT molecular complexity index is 949. The molecule has 1 fully saturated rings. The summed E-state index contributed by atoms with van der Waals surface area (Å²) >= 11 is 0. The van der Waals surface area contributed by atoms with E-state index in [2.05, 4.69) is 22.7 Å². The first-order valence-electron chi connectivity index (χ1n) is 11.2. The fourth-order valence-corrected chi connectivity index (χ4v) is 5.24. The molecule has 2 aliphatic rings. The van der Waals surface area contributed by atoms with E-state index in [0.717, 1.165) is 31.4 Å². The molecule has 4 N–H and O–H groups in total. The van der Waals surface area contributed by atoms with Crippen LogP contribution in [0.3, 0.4) is 0 Å². The molecule has 0 aromatic heterocycles. The second kappa shape index (κ2) is 10.0. The average Bonchev–Trinajstić information content (AvgIpc) is 3.18. The molecule has 0 bridgehead atoms. The average molecular weight is 461 g/mol. The van der Waals surface area contributed by atoms with Crippen molar-refractivity contribution in [2.45, 2.75) is 56.1 Å².